The highest BCUT2D eigenvalue weighted by Gasteiger charge is 2.37. The average Bonchev–Trinajstić information content (AvgIpc) is 3.67. The maximum atomic E-state index is 4.33. The molecule has 0 aromatic heterocycles. The van der Waals surface area contributed by atoms with E-state index < -0.39 is 0 Å². The van der Waals surface area contributed by atoms with Gasteiger partial charge in [-0.25, -0.2) is 0 Å². The van der Waals surface area contributed by atoms with Crippen molar-refractivity contribution in [3.8, 4) is 33.4 Å². The zero-order valence-electron chi connectivity index (χ0n) is 39.4. The van der Waals surface area contributed by atoms with Gasteiger partial charge in [-0.15, -0.1) is 0 Å². The van der Waals surface area contributed by atoms with Gasteiger partial charge in [0.2, 0.25) is 0 Å². The second-order valence-corrected chi connectivity index (χ2v) is 21.0. The van der Waals surface area contributed by atoms with E-state index in [4.69, 9.17) is 0 Å². The molecule has 0 amide bonds. The minimum Gasteiger partial charge on any atom is -0.354 e. The lowest BCUT2D eigenvalue weighted by Gasteiger charge is -2.39. The summed E-state index contributed by atoms with van der Waals surface area (Å²) >= 11 is 1.97. The SMILES string of the molecule is C=CC1=C(C2=C(C)CCC=C2)Nc2c(cccc2-c2c(C)c(-c3ccccc3C)cc3c2Sc2ccc4c(c2N3c2cc(C(C)(C)CCC(C)C)c(C)cc2C)Bc2ccccc2-4)C1. The van der Waals surface area contributed by atoms with Crippen LogP contribution in [-0.2, 0) is 11.8 Å². The first-order valence-corrected chi connectivity index (χ1v) is 24.3. The minimum atomic E-state index is 0.0121. The van der Waals surface area contributed by atoms with Crippen molar-refractivity contribution in [2.45, 2.75) is 110 Å². The summed E-state index contributed by atoms with van der Waals surface area (Å²) in [5.41, 5.74) is 28.9. The standard InChI is InChI=1S/C60H61BN2S/c1-11-41-32-42-21-18-25-47(57(42)62-56(41)44-23-15-13-20-37(44)5)54-40(8)48(43-22-14-12-19-36(43)4)33-52-59(54)64-53-28-27-46-45-24-16-17-26-50(45)61-55(46)58(53)63(52)51-34-49(38(6)31-39(51)7)60(9,10)30-29-35(2)3/h11-12,14-19,21-28,31,33-35,61-62H,1,13,20,29-30,32H2,2-10H3. The van der Waals surface area contributed by atoms with E-state index in [9.17, 15) is 0 Å². The Morgan fingerprint density at radius 1 is 0.797 bits per heavy atom. The van der Waals surface area contributed by atoms with Crippen molar-refractivity contribution in [3.63, 3.8) is 0 Å². The Morgan fingerprint density at radius 3 is 2.33 bits per heavy atom. The summed E-state index contributed by atoms with van der Waals surface area (Å²) in [6.45, 7) is 25.6. The molecule has 0 spiro atoms. The van der Waals surface area contributed by atoms with Gasteiger partial charge in [-0.05, 0) is 156 Å². The summed E-state index contributed by atoms with van der Waals surface area (Å²) in [5, 5.41) is 4.11. The molecular weight excluding hydrogens is 792 g/mol. The molecule has 4 aliphatic rings. The lowest BCUT2D eigenvalue weighted by molar-refractivity contribution is 0.413. The number of allylic oxidation sites excluding steroid dienone is 5. The lowest BCUT2D eigenvalue weighted by Crippen LogP contribution is -2.30. The molecule has 2 nitrogen and oxygen atoms in total. The van der Waals surface area contributed by atoms with Crippen LogP contribution in [0.5, 0.6) is 0 Å². The van der Waals surface area contributed by atoms with Crippen LogP contribution in [0.3, 0.4) is 0 Å². The second kappa shape index (κ2) is 16.4. The number of hydrogen-bond acceptors (Lipinski definition) is 3. The quantitative estimate of drug-likeness (QED) is 0.146. The summed E-state index contributed by atoms with van der Waals surface area (Å²) < 4.78 is 0. The van der Waals surface area contributed by atoms with E-state index in [0.717, 1.165) is 33.0 Å². The van der Waals surface area contributed by atoms with Crippen molar-refractivity contribution in [3.05, 3.63) is 178 Å². The van der Waals surface area contributed by atoms with Gasteiger partial charge >= 0.3 is 0 Å². The minimum absolute atomic E-state index is 0.0121. The average molecular weight is 853 g/mol. The molecule has 1 N–H and O–H groups in total. The van der Waals surface area contributed by atoms with Gasteiger partial charge in [0, 0.05) is 38.7 Å². The molecule has 3 aliphatic heterocycles. The molecule has 64 heavy (non-hydrogen) atoms. The summed E-state index contributed by atoms with van der Waals surface area (Å²) in [6.07, 6.45) is 12.1. The second-order valence-electron chi connectivity index (χ2n) is 19.9. The van der Waals surface area contributed by atoms with Crippen molar-refractivity contribution in [2.24, 2.45) is 5.92 Å². The number of anilines is 4. The van der Waals surface area contributed by atoms with Crippen LogP contribution < -0.4 is 21.1 Å². The smallest absolute Gasteiger partial charge is 0.196 e. The van der Waals surface area contributed by atoms with Crippen molar-refractivity contribution < 1.29 is 0 Å². The molecule has 6 aromatic carbocycles. The molecule has 6 aromatic rings. The van der Waals surface area contributed by atoms with Crippen molar-refractivity contribution in [2.75, 3.05) is 10.2 Å². The number of nitrogens with zero attached hydrogens (tertiary/aromatic N) is 1. The number of hydrogen-bond donors (Lipinski definition) is 1. The van der Waals surface area contributed by atoms with E-state index in [2.05, 4.69) is 194 Å². The first-order chi connectivity index (χ1) is 30.8. The third kappa shape index (κ3) is 7.05. The summed E-state index contributed by atoms with van der Waals surface area (Å²) in [7, 11) is 0.919. The highest BCUT2D eigenvalue weighted by Crippen LogP contribution is 2.59. The van der Waals surface area contributed by atoms with Crippen LogP contribution in [0.1, 0.15) is 93.7 Å². The molecule has 0 unspecified atom stereocenters. The Balaban J connectivity index is 1.28. The van der Waals surface area contributed by atoms with Crippen LogP contribution in [0, 0.1) is 33.6 Å². The highest BCUT2D eigenvalue weighted by molar-refractivity contribution is 8.00. The van der Waals surface area contributed by atoms with Gasteiger partial charge in [0.15, 0.2) is 7.28 Å². The van der Waals surface area contributed by atoms with Crippen LogP contribution >= 0.6 is 11.8 Å². The van der Waals surface area contributed by atoms with Crippen LogP contribution in [0.2, 0.25) is 0 Å². The van der Waals surface area contributed by atoms with Crippen LogP contribution in [0.25, 0.3) is 33.4 Å². The number of aryl methyl sites for hydroxylation is 3. The van der Waals surface area contributed by atoms with Crippen LogP contribution in [0.15, 0.2) is 154 Å². The molecule has 0 atom stereocenters. The number of rotatable bonds is 9. The van der Waals surface area contributed by atoms with Gasteiger partial charge in [-0.2, -0.15) is 0 Å². The summed E-state index contributed by atoms with van der Waals surface area (Å²) in [6, 6.07) is 37.4. The zero-order valence-corrected chi connectivity index (χ0v) is 40.2. The Hall–Kier alpha value is -5.71. The molecule has 10 rings (SSSR count). The van der Waals surface area contributed by atoms with Crippen LogP contribution in [0.4, 0.5) is 22.7 Å². The monoisotopic (exact) mass is 852 g/mol. The van der Waals surface area contributed by atoms with Gasteiger partial charge in [0.25, 0.3) is 0 Å². The van der Waals surface area contributed by atoms with E-state index in [1.165, 1.54) is 139 Å². The van der Waals surface area contributed by atoms with Gasteiger partial charge in [0.05, 0.1) is 17.1 Å². The van der Waals surface area contributed by atoms with Crippen molar-refractivity contribution >= 4 is 52.7 Å². The molecule has 0 radical (unpaired) electrons. The number of nitrogens with one attached hydrogen (secondary N) is 1. The van der Waals surface area contributed by atoms with E-state index in [1.54, 1.807) is 0 Å². The molecular formula is C60H61BN2S. The third-order valence-corrected chi connectivity index (χ3v) is 15.9. The summed E-state index contributed by atoms with van der Waals surface area (Å²) in [4.78, 5) is 5.32. The topological polar surface area (TPSA) is 15.3 Å². The Kier molecular flexibility index (Phi) is 10.8. The van der Waals surface area contributed by atoms with Crippen molar-refractivity contribution in [1.29, 1.82) is 0 Å². The van der Waals surface area contributed by atoms with E-state index in [0.29, 0.717) is 5.92 Å². The Bertz CT molecular complexity index is 3030. The Morgan fingerprint density at radius 2 is 1.56 bits per heavy atom. The van der Waals surface area contributed by atoms with E-state index in [-0.39, 0.29) is 5.41 Å². The molecule has 0 bridgehead atoms. The largest absolute Gasteiger partial charge is 0.354 e. The molecule has 1 aliphatic carbocycles. The van der Waals surface area contributed by atoms with E-state index in [1.807, 2.05) is 11.8 Å². The number of benzene rings is 6. The molecule has 3 heterocycles. The van der Waals surface area contributed by atoms with Crippen LogP contribution in [-0.4, -0.2) is 7.28 Å². The zero-order chi connectivity index (χ0) is 44.6. The first kappa shape index (κ1) is 42.3. The number of para-hydroxylation sites is 1. The van der Waals surface area contributed by atoms with E-state index >= 15 is 0 Å². The summed E-state index contributed by atoms with van der Waals surface area (Å²) in [5.74, 6) is 0.654. The van der Waals surface area contributed by atoms with Gasteiger partial charge in [-0.3, -0.25) is 0 Å². The predicted octanol–water partition coefficient (Wildman–Crippen LogP) is 15.3. The number of fused-ring (bicyclic) bond motifs is 7. The Labute approximate surface area is 387 Å². The maximum absolute atomic E-state index is 4.33. The lowest BCUT2D eigenvalue weighted by atomic mass is 9.67. The maximum Gasteiger partial charge on any atom is 0.196 e. The fourth-order valence-corrected chi connectivity index (χ4v) is 12.4. The van der Waals surface area contributed by atoms with Gasteiger partial charge in [0.1, 0.15) is 0 Å². The fourth-order valence-electron chi connectivity index (χ4n) is 11.2. The van der Waals surface area contributed by atoms with Crippen molar-refractivity contribution in [1.82, 2.24) is 0 Å². The third-order valence-electron chi connectivity index (χ3n) is 14.7. The molecule has 4 heteroatoms. The van der Waals surface area contributed by atoms with Gasteiger partial charge < -0.3 is 10.2 Å². The predicted molar refractivity (Wildman–Crippen MR) is 280 cm³/mol. The molecule has 320 valence electrons. The molecule has 0 saturated heterocycles. The van der Waals surface area contributed by atoms with Gasteiger partial charge in [-0.1, -0.05) is 161 Å². The first-order valence-electron chi connectivity index (χ1n) is 23.5. The highest BCUT2D eigenvalue weighted by atomic mass is 32.2. The fraction of sp³-hybridized carbons (Fsp3) is 0.267. The molecule has 0 saturated carbocycles. The normalized spacial score (nSPS) is 15.1. The molecule has 0 fully saturated rings.